The van der Waals surface area contributed by atoms with Gasteiger partial charge in [-0.05, 0) is 25.0 Å². The molecule has 1 aromatic carbocycles. The number of methoxy groups -OCH3 is 1. The van der Waals surface area contributed by atoms with Crippen molar-refractivity contribution < 1.29 is 9.53 Å². The lowest BCUT2D eigenvalue weighted by Crippen LogP contribution is -2.22. The summed E-state index contributed by atoms with van der Waals surface area (Å²) in [6.45, 7) is 3.94. The van der Waals surface area contributed by atoms with Crippen LogP contribution in [0.1, 0.15) is 35.7 Å². The molecule has 1 atom stereocenters. The van der Waals surface area contributed by atoms with Crippen LogP contribution in [0.4, 0.5) is 0 Å². The molecule has 1 rings (SSSR count). The number of carbonyl (C=O) groups excluding carboxylic acids is 1. The minimum absolute atomic E-state index is 0.00579. The molecule has 88 valence electrons. The Morgan fingerprint density at radius 1 is 1.50 bits per heavy atom. The summed E-state index contributed by atoms with van der Waals surface area (Å²) in [6, 6.07) is 5.36. The van der Waals surface area contributed by atoms with E-state index in [1.165, 1.54) is 0 Å². The second kappa shape index (κ2) is 6.02. The van der Waals surface area contributed by atoms with E-state index in [9.17, 15) is 4.79 Å². The Morgan fingerprint density at radius 3 is 2.69 bits per heavy atom. The van der Waals surface area contributed by atoms with Gasteiger partial charge in [-0.3, -0.25) is 4.79 Å². The molecule has 0 aliphatic heterocycles. The maximum atomic E-state index is 12.0. The van der Waals surface area contributed by atoms with E-state index in [4.69, 9.17) is 16.3 Å². The van der Waals surface area contributed by atoms with Crippen molar-refractivity contribution >= 4 is 17.4 Å². The molecule has 3 heteroatoms. The van der Waals surface area contributed by atoms with Gasteiger partial charge in [0.05, 0.1) is 0 Å². The van der Waals surface area contributed by atoms with Crippen molar-refractivity contribution in [3.05, 3.63) is 34.3 Å². The highest BCUT2D eigenvalue weighted by molar-refractivity contribution is 6.31. The zero-order valence-corrected chi connectivity index (χ0v) is 10.7. The van der Waals surface area contributed by atoms with E-state index in [1.807, 2.05) is 19.9 Å². The molecule has 0 heterocycles. The van der Waals surface area contributed by atoms with Crippen LogP contribution in [0.2, 0.25) is 5.02 Å². The number of halogens is 1. The van der Waals surface area contributed by atoms with E-state index in [0.717, 1.165) is 18.4 Å². The van der Waals surface area contributed by atoms with Crippen molar-refractivity contribution in [1.82, 2.24) is 0 Å². The molecule has 16 heavy (non-hydrogen) atoms. The van der Waals surface area contributed by atoms with Crippen LogP contribution in [-0.2, 0) is 4.74 Å². The number of carbonyl (C=O) groups is 1. The molecule has 0 aliphatic rings. The van der Waals surface area contributed by atoms with Gasteiger partial charge in [0, 0.05) is 17.7 Å². The van der Waals surface area contributed by atoms with Crippen LogP contribution in [0.5, 0.6) is 0 Å². The summed E-state index contributed by atoms with van der Waals surface area (Å²) in [7, 11) is 1.56. The second-order valence-corrected chi connectivity index (χ2v) is 4.25. The zero-order valence-electron chi connectivity index (χ0n) is 9.92. The third-order valence-corrected chi connectivity index (χ3v) is 2.99. The van der Waals surface area contributed by atoms with Crippen LogP contribution in [0.25, 0.3) is 0 Å². The molecule has 0 N–H and O–H groups in total. The third-order valence-electron chi connectivity index (χ3n) is 2.58. The predicted octanol–water partition coefficient (Wildman–Crippen LogP) is 3.65. The van der Waals surface area contributed by atoms with Crippen LogP contribution in [0, 0.1) is 6.92 Å². The molecule has 0 aromatic heterocycles. The average molecular weight is 241 g/mol. The van der Waals surface area contributed by atoms with E-state index in [-0.39, 0.29) is 11.9 Å². The molecule has 0 bridgehead atoms. The number of ether oxygens (including phenoxy) is 1. The van der Waals surface area contributed by atoms with Crippen molar-refractivity contribution in [2.45, 2.75) is 32.8 Å². The monoisotopic (exact) mass is 240 g/mol. The molecule has 0 saturated heterocycles. The first kappa shape index (κ1) is 13.2. The van der Waals surface area contributed by atoms with E-state index < -0.39 is 0 Å². The molecule has 0 fully saturated rings. The smallest absolute Gasteiger partial charge is 0.191 e. The van der Waals surface area contributed by atoms with Gasteiger partial charge >= 0.3 is 0 Å². The molecule has 0 amide bonds. The summed E-state index contributed by atoms with van der Waals surface area (Å²) in [6.07, 6.45) is 1.30. The lowest BCUT2D eigenvalue weighted by Gasteiger charge is -2.13. The van der Waals surface area contributed by atoms with E-state index >= 15 is 0 Å². The normalized spacial score (nSPS) is 12.5. The Bertz CT molecular complexity index is 374. The number of rotatable bonds is 5. The number of benzene rings is 1. The number of Topliss-reactive ketones (excluding diaryl/α,β-unsaturated/α-hetero) is 1. The van der Waals surface area contributed by atoms with Crippen molar-refractivity contribution in [2.75, 3.05) is 7.11 Å². The Balaban J connectivity index is 2.90. The average Bonchev–Trinajstić information content (AvgIpc) is 2.28. The van der Waals surface area contributed by atoms with Gasteiger partial charge in [-0.25, -0.2) is 0 Å². The van der Waals surface area contributed by atoms with Crippen molar-refractivity contribution in [3.8, 4) is 0 Å². The summed E-state index contributed by atoms with van der Waals surface area (Å²) < 4.78 is 5.18. The van der Waals surface area contributed by atoms with Gasteiger partial charge in [0.1, 0.15) is 6.10 Å². The minimum Gasteiger partial charge on any atom is -0.373 e. The fourth-order valence-corrected chi connectivity index (χ4v) is 1.73. The molecular formula is C13H17ClO2. The van der Waals surface area contributed by atoms with E-state index in [2.05, 4.69) is 0 Å². The maximum Gasteiger partial charge on any atom is 0.191 e. The number of hydrogen-bond acceptors (Lipinski definition) is 2. The molecular weight excluding hydrogens is 224 g/mol. The van der Waals surface area contributed by atoms with Crippen LogP contribution in [-0.4, -0.2) is 19.0 Å². The lowest BCUT2D eigenvalue weighted by molar-refractivity contribution is 0.0579. The first-order chi connectivity index (χ1) is 7.60. The van der Waals surface area contributed by atoms with Crippen molar-refractivity contribution in [2.24, 2.45) is 0 Å². The molecule has 0 aliphatic carbocycles. The molecule has 1 aromatic rings. The summed E-state index contributed by atoms with van der Waals surface area (Å²) in [5.41, 5.74) is 1.60. The molecule has 1 unspecified atom stereocenters. The number of hydrogen-bond donors (Lipinski definition) is 0. The summed E-state index contributed by atoms with van der Waals surface area (Å²) in [5.74, 6) is 0.00579. The van der Waals surface area contributed by atoms with Gasteiger partial charge in [-0.15, -0.1) is 0 Å². The van der Waals surface area contributed by atoms with Crippen molar-refractivity contribution in [3.63, 3.8) is 0 Å². The summed E-state index contributed by atoms with van der Waals surface area (Å²) in [4.78, 5) is 12.0. The summed E-state index contributed by atoms with van der Waals surface area (Å²) >= 11 is 5.99. The molecule has 0 saturated carbocycles. The molecule has 2 nitrogen and oxygen atoms in total. The molecule has 0 spiro atoms. The predicted molar refractivity (Wildman–Crippen MR) is 66.2 cm³/mol. The SMILES string of the molecule is CCCC(OC)C(=O)c1ccc(C)c(Cl)c1. The van der Waals surface area contributed by atoms with Gasteiger partial charge in [-0.1, -0.05) is 37.1 Å². The largest absolute Gasteiger partial charge is 0.373 e. The zero-order chi connectivity index (χ0) is 12.1. The second-order valence-electron chi connectivity index (χ2n) is 3.84. The van der Waals surface area contributed by atoms with Crippen molar-refractivity contribution in [1.29, 1.82) is 0 Å². The van der Waals surface area contributed by atoms with Crippen LogP contribution in [0.3, 0.4) is 0 Å². The maximum absolute atomic E-state index is 12.0. The molecule has 0 radical (unpaired) electrons. The van der Waals surface area contributed by atoms with Gasteiger partial charge < -0.3 is 4.74 Å². The Hall–Kier alpha value is -0.860. The minimum atomic E-state index is -0.358. The fraction of sp³-hybridized carbons (Fsp3) is 0.462. The van der Waals surface area contributed by atoms with Gasteiger partial charge in [0.15, 0.2) is 5.78 Å². The Kier molecular flexibility index (Phi) is 4.97. The highest BCUT2D eigenvalue weighted by atomic mass is 35.5. The topological polar surface area (TPSA) is 26.3 Å². The Morgan fingerprint density at radius 2 is 2.19 bits per heavy atom. The number of ketones is 1. The van der Waals surface area contributed by atoms with Crippen LogP contribution >= 0.6 is 11.6 Å². The summed E-state index contributed by atoms with van der Waals surface area (Å²) in [5, 5.41) is 0.622. The van der Waals surface area contributed by atoms with E-state index in [0.29, 0.717) is 10.6 Å². The Labute approximate surface area is 102 Å². The lowest BCUT2D eigenvalue weighted by atomic mass is 10.0. The quantitative estimate of drug-likeness (QED) is 0.735. The van der Waals surface area contributed by atoms with Crippen LogP contribution in [0.15, 0.2) is 18.2 Å². The van der Waals surface area contributed by atoms with Gasteiger partial charge in [0.25, 0.3) is 0 Å². The highest BCUT2D eigenvalue weighted by Crippen LogP contribution is 2.19. The highest BCUT2D eigenvalue weighted by Gasteiger charge is 2.18. The third kappa shape index (κ3) is 3.06. The first-order valence-electron chi connectivity index (χ1n) is 5.43. The first-order valence-corrected chi connectivity index (χ1v) is 5.81. The van der Waals surface area contributed by atoms with E-state index in [1.54, 1.807) is 19.2 Å². The van der Waals surface area contributed by atoms with Gasteiger partial charge in [0.2, 0.25) is 0 Å². The number of aryl methyl sites for hydroxylation is 1. The van der Waals surface area contributed by atoms with Crippen LogP contribution < -0.4 is 0 Å². The standard InChI is InChI=1S/C13H17ClO2/c1-4-5-12(16-3)13(15)10-7-6-9(2)11(14)8-10/h6-8,12H,4-5H2,1-3H3. The fourth-order valence-electron chi connectivity index (χ4n) is 1.55. The van der Waals surface area contributed by atoms with Gasteiger partial charge in [-0.2, -0.15) is 0 Å².